The van der Waals surface area contributed by atoms with Gasteiger partial charge >= 0.3 is 13.2 Å². The summed E-state index contributed by atoms with van der Waals surface area (Å²) in [5, 5.41) is 2.94. The molecule has 3 heterocycles. The number of aryl methyl sites for hydroxylation is 1. The number of halogens is 4. The molecule has 0 aliphatic heterocycles. The van der Waals surface area contributed by atoms with E-state index in [0.717, 1.165) is 16.2 Å². The summed E-state index contributed by atoms with van der Waals surface area (Å²) >= 11 is 3.43. The van der Waals surface area contributed by atoms with Gasteiger partial charge in [0.25, 0.3) is 0 Å². The molecule has 0 aliphatic rings. The fourth-order valence-corrected chi connectivity index (χ4v) is 6.64. The minimum absolute atomic E-state index is 0.110. The highest BCUT2D eigenvalue weighted by Crippen LogP contribution is 2.48. The lowest BCUT2D eigenvalue weighted by Gasteiger charge is -2.40. The lowest BCUT2D eigenvalue weighted by Crippen LogP contribution is -2.39. The van der Waals surface area contributed by atoms with Crippen LogP contribution in [0.5, 0.6) is 11.5 Å². The van der Waals surface area contributed by atoms with Crippen molar-refractivity contribution in [2.45, 2.75) is 68.4 Å². The first kappa shape index (κ1) is 30.8. The predicted molar refractivity (Wildman–Crippen MR) is 154 cm³/mol. The van der Waals surface area contributed by atoms with E-state index in [9.17, 15) is 17.6 Å². The second kappa shape index (κ2) is 12.8. The van der Waals surface area contributed by atoms with E-state index in [-0.39, 0.29) is 16.1 Å². The largest absolute Gasteiger partial charge is 0.431 e. The summed E-state index contributed by atoms with van der Waals surface area (Å²) in [5.41, 5.74) is 2.36. The van der Waals surface area contributed by atoms with Crippen LogP contribution in [0.2, 0.25) is 0 Å². The van der Waals surface area contributed by atoms with Crippen LogP contribution in [0.4, 0.5) is 17.6 Å². The molecule has 3 aromatic heterocycles. The van der Waals surface area contributed by atoms with Gasteiger partial charge in [-0.05, 0) is 66.6 Å². The fourth-order valence-electron chi connectivity index (χ4n) is 4.43. The molecule has 1 atom stereocenters. The number of alkyl halides is 4. The topological polar surface area (TPSA) is 35.2 Å². The molecule has 0 radical (unpaired) electrons. The highest BCUT2D eigenvalue weighted by molar-refractivity contribution is 8.00. The van der Waals surface area contributed by atoms with Crippen molar-refractivity contribution < 1.29 is 31.6 Å². The molecule has 0 N–H and O–H groups in total. The average molecular weight is 606 g/mol. The Morgan fingerprint density at radius 3 is 2.12 bits per heavy atom. The van der Waals surface area contributed by atoms with Crippen molar-refractivity contribution in [3.05, 3.63) is 100 Å². The summed E-state index contributed by atoms with van der Waals surface area (Å²) in [4.78, 5) is 6.07. The third kappa shape index (κ3) is 7.60. The first-order valence-corrected chi connectivity index (χ1v) is 14.7. The Morgan fingerprint density at radius 1 is 0.878 bits per heavy atom. The van der Waals surface area contributed by atoms with Crippen LogP contribution in [0.25, 0.3) is 0 Å². The fraction of sp³-hybridized carbons (Fsp3) is 0.355. The Labute approximate surface area is 246 Å². The van der Waals surface area contributed by atoms with Crippen LogP contribution in [0.3, 0.4) is 0 Å². The summed E-state index contributed by atoms with van der Waals surface area (Å²) in [5.74, 6) is -1.21. The molecule has 0 fully saturated rings. The maximum Gasteiger partial charge on any atom is 0.387 e. The van der Waals surface area contributed by atoms with Crippen molar-refractivity contribution in [1.29, 1.82) is 0 Å². The molecule has 41 heavy (non-hydrogen) atoms. The summed E-state index contributed by atoms with van der Waals surface area (Å²) in [6.45, 7) is 2.51. The van der Waals surface area contributed by atoms with Gasteiger partial charge in [0.15, 0.2) is 23.9 Å². The number of hydrogen-bond acceptors (Lipinski definition) is 5. The van der Waals surface area contributed by atoms with Crippen LogP contribution in [0, 0.1) is 0 Å². The van der Waals surface area contributed by atoms with Crippen molar-refractivity contribution in [2.75, 3.05) is 0 Å². The number of benzene rings is 1. The number of hydrogen-bond donors (Lipinski definition) is 0. The molecule has 4 rings (SSSR count). The number of thioether (sulfide) groups is 1. The summed E-state index contributed by atoms with van der Waals surface area (Å²) in [7, 11) is 1.92. The number of aromatic nitrogens is 2. The number of ether oxygens (including phenoxy) is 2. The lowest BCUT2D eigenvalue weighted by atomic mass is 9.79. The van der Waals surface area contributed by atoms with Gasteiger partial charge in [0, 0.05) is 39.3 Å². The molecule has 0 spiro atoms. The van der Waals surface area contributed by atoms with Gasteiger partial charge in [-0.2, -0.15) is 17.6 Å². The third-order valence-corrected chi connectivity index (χ3v) is 10.1. The molecule has 0 saturated carbocycles. The monoisotopic (exact) mass is 605 g/mol. The van der Waals surface area contributed by atoms with Gasteiger partial charge < -0.3 is 9.47 Å². The Hall–Kier alpha value is -3.11. The molecule has 0 saturated heterocycles. The van der Waals surface area contributed by atoms with E-state index >= 15 is 0 Å². The zero-order valence-electron chi connectivity index (χ0n) is 23.5. The molecule has 0 bridgehead atoms. The summed E-state index contributed by atoms with van der Waals surface area (Å²) in [6, 6.07) is 16.3. The van der Waals surface area contributed by atoms with E-state index in [4.69, 9.17) is 4.98 Å². The van der Waals surface area contributed by atoms with Crippen molar-refractivity contribution in [2.24, 2.45) is 7.05 Å². The number of nitrogens with zero attached hydrogens (tertiary/aromatic N) is 2. The standard InChI is InChI=1S/C31H33F4N2O2S2/c1-30(2,26-7-6-16-40-26)31(3,4)41-27-11-9-22(19-36-27)23(17-20-12-14-37(5)15-13-20)21-8-10-24(38-28(32)33)25(18-21)39-29(34)35/h6-16,18-19,23,28-29H,17H2,1-5H3/q+1. The van der Waals surface area contributed by atoms with E-state index in [1.54, 1.807) is 35.4 Å². The molecule has 0 aliphatic carbocycles. The van der Waals surface area contributed by atoms with Crippen LogP contribution in [0.15, 0.2) is 83.6 Å². The molecule has 4 nitrogen and oxygen atoms in total. The smallest absolute Gasteiger partial charge is 0.387 e. The summed E-state index contributed by atoms with van der Waals surface area (Å²) < 4.78 is 62.9. The van der Waals surface area contributed by atoms with Gasteiger partial charge in [0.2, 0.25) is 0 Å². The van der Waals surface area contributed by atoms with Crippen LogP contribution >= 0.6 is 23.1 Å². The molecule has 4 aromatic rings. The third-order valence-electron chi connectivity index (χ3n) is 7.45. The van der Waals surface area contributed by atoms with E-state index < -0.39 is 24.7 Å². The maximum absolute atomic E-state index is 13.2. The SMILES string of the molecule is C[n+]1ccc(CC(c2ccc(SC(C)(C)C(C)(C)c3cccs3)nc2)c2ccc(OC(F)F)c(OC(F)F)c2)cc1. The number of rotatable bonds is 12. The van der Waals surface area contributed by atoms with E-state index in [0.29, 0.717) is 12.0 Å². The molecule has 1 aromatic carbocycles. The normalized spacial score (nSPS) is 13.0. The number of thiophene rings is 1. The Kier molecular flexibility index (Phi) is 9.64. The summed E-state index contributed by atoms with van der Waals surface area (Å²) in [6.07, 6.45) is 6.16. The Bertz CT molecular complexity index is 1410. The Morgan fingerprint density at radius 2 is 1.54 bits per heavy atom. The van der Waals surface area contributed by atoms with Crippen LogP contribution < -0.4 is 14.0 Å². The van der Waals surface area contributed by atoms with Crippen molar-refractivity contribution in [1.82, 2.24) is 4.98 Å². The zero-order chi connectivity index (χ0) is 29.8. The second-order valence-electron chi connectivity index (χ2n) is 10.7. The molecular weight excluding hydrogens is 572 g/mol. The maximum atomic E-state index is 13.2. The molecule has 0 amide bonds. The first-order valence-electron chi connectivity index (χ1n) is 13.0. The first-order chi connectivity index (χ1) is 19.4. The highest BCUT2D eigenvalue weighted by atomic mass is 32.2. The van der Waals surface area contributed by atoms with Crippen molar-refractivity contribution in [3.63, 3.8) is 0 Å². The van der Waals surface area contributed by atoms with E-state index in [1.807, 2.05) is 48.3 Å². The minimum atomic E-state index is -3.20. The van der Waals surface area contributed by atoms with Gasteiger partial charge in [-0.3, -0.25) is 0 Å². The molecule has 218 valence electrons. The van der Waals surface area contributed by atoms with Gasteiger partial charge in [-0.1, -0.05) is 43.8 Å². The van der Waals surface area contributed by atoms with Crippen molar-refractivity contribution in [3.8, 4) is 11.5 Å². The van der Waals surface area contributed by atoms with E-state index in [1.165, 1.54) is 17.0 Å². The van der Waals surface area contributed by atoms with Gasteiger partial charge in [0.05, 0.1) is 5.03 Å². The zero-order valence-corrected chi connectivity index (χ0v) is 25.1. The number of pyridine rings is 2. The van der Waals surface area contributed by atoms with Crippen LogP contribution in [-0.4, -0.2) is 23.0 Å². The second-order valence-corrected chi connectivity index (χ2v) is 13.3. The molecule has 1 unspecified atom stereocenters. The lowest BCUT2D eigenvalue weighted by molar-refractivity contribution is -0.671. The van der Waals surface area contributed by atoms with Gasteiger partial charge in [-0.15, -0.1) is 11.3 Å². The predicted octanol–water partition coefficient (Wildman–Crippen LogP) is 8.39. The van der Waals surface area contributed by atoms with Crippen molar-refractivity contribution >= 4 is 23.1 Å². The van der Waals surface area contributed by atoms with Gasteiger partial charge in [-0.25, -0.2) is 9.55 Å². The highest BCUT2D eigenvalue weighted by Gasteiger charge is 2.40. The quantitative estimate of drug-likeness (QED) is 0.0923. The minimum Gasteiger partial charge on any atom is -0.431 e. The Balaban J connectivity index is 1.67. The van der Waals surface area contributed by atoms with E-state index in [2.05, 4.69) is 54.7 Å². The average Bonchev–Trinajstić information content (AvgIpc) is 3.45. The molecular formula is C31H33F4N2O2S2+. The van der Waals surface area contributed by atoms with Crippen LogP contribution in [-0.2, 0) is 18.9 Å². The molecule has 10 heteroatoms. The van der Waals surface area contributed by atoms with Crippen LogP contribution in [0.1, 0.15) is 55.2 Å². The van der Waals surface area contributed by atoms with Gasteiger partial charge in [0.1, 0.15) is 7.05 Å².